The third-order valence-corrected chi connectivity index (χ3v) is 4.50. The fourth-order valence-electron chi connectivity index (χ4n) is 2.29. The number of rotatable bonds is 2. The number of thioether (sulfide) groups is 1. The van der Waals surface area contributed by atoms with Crippen molar-refractivity contribution in [3.63, 3.8) is 0 Å². The van der Waals surface area contributed by atoms with Gasteiger partial charge >= 0.3 is 0 Å². The standard InChI is InChI=1S/C15H13NOS/c1-10-6-7-16-8-12(10)15(17)13-9-18-14-5-3-2-4-11(13)14/h2-8,13H,9H2,1H3. The summed E-state index contributed by atoms with van der Waals surface area (Å²) in [6.45, 7) is 1.96. The normalized spacial score (nSPS) is 17.5. The number of Topliss-reactive ketones (excluding diaryl/α,β-unsaturated/α-hetero) is 1. The molecule has 3 heteroatoms. The lowest BCUT2D eigenvalue weighted by Gasteiger charge is -2.11. The van der Waals surface area contributed by atoms with Crippen molar-refractivity contribution in [2.75, 3.05) is 5.75 Å². The summed E-state index contributed by atoms with van der Waals surface area (Å²) in [6.07, 6.45) is 3.41. The van der Waals surface area contributed by atoms with Crippen molar-refractivity contribution >= 4 is 17.5 Å². The van der Waals surface area contributed by atoms with E-state index in [1.165, 1.54) is 4.90 Å². The third-order valence-electron chi connectivity index (χ3n) is 3.32. The number of nitrogens with zero attached hydrogens (tertiary/aromatic N) is 1. The molecule has 1 aliphatic heterocycles. The topological polar surface area (TPSA) is 30.0 Å². The fraction of sp³-hybridized carbons (Fsp3) is 0.200. The zero-order valence-electron chi connectivity index (χ0n) is 10.1. The number of pyridine rings is 1. The summed E-state index contributed by atoms with van der Waals surface area (Å²) in [5.74, 6) is 1.01. The number of ketones is 1. The van der Waals surface area contributed by atoms with Gasteiger partial charge in [-0.05, 0) is 30.2 Å². The first-order chi connectivity index (χ1) is 8.77. The average molecular weight is 255 g/mol. The zero-order chi connectivity index (χ0) is 12.5. The summed E-state index contributed by atoms with van der Waals surface area (Å²) in [5, 5.41) is 0. The Labute approximate surface area is 110 Å². The van der Waals surface area contributed by atoms with Crippen LogP contribution in [0.3, 0.4) is 0 Å². The van der Waals surface area contributed by atoms with Crippen molar-refractivity contribution in [2.45, 2.75) is 17.7 Å². The van der Waals surface area contributed by atoms with Gasteiger partial charge in [0.1, 0.15) is 0 Å². The van der Waals surface area contributed by atoms with Crippen LogP contribution in [0, 0.1) is 6.92 Å². The molecule has 1 aromatic heterocycles. The number of carbonyl (C=O) groups excluding carboxylic acids is 1. The molecule has 0 fully saturated rings. The van der Waals surface area contributed by atoms with E-state index in [0.29, 0.717) is 0 Å². The van der Waals surface area contributed by atoms with Crippen LogP contribution in [0.5, 0.6) is 0 Å². The van der Waals surface area contributed by atoms with Crippen LogP contribution in [-0.2, 0) is 0 Å². The number of aryl methyl sites for hydroxylation is 1. The van der Waals surface area contributed by atoms with E-state index in [2.05, 4.69) is 17.1 Å². The highest BCUT2D eigenvalue weighted by Gasteiger charge is 2.30. The monoisotopic (exact) mass is 255 g/mol. The van der Waals surface area contributed by atoms with Gasteiger partial charge in [-0.3, -0.25) is 9.78 Å². The second kappa shape index (κ2) is 4.58. The van der Waals surface area contributed by atoms with Crippen molar-refractivity contribution in [3.8, 4) is 0 Å². The Balaban J connectivity index is 1.99. The van der Waals surface area contributed by atoms with E-state index in [1.54, 1.807) is 24.2 Å². The molecule has 3 rings (SSSR count). The number of fused-ring (bicyclic) bond motifs is 1. The first-order valence-corrected chi connectivity index (χ1v) is 6.92. The first kappa shape index (κ1) is 11.5. The molecule has 1 aliphatic rings. The predicted octanol–water partition coefficient (Wildman–Crippen LogP) is 3.46. The minimum absolute atomic E-state index is 0.0194. The van der Waals surface area contributed by atoms with Crippen molar-refractivity contribution in [1.82, 2.24) is 4.98 Å². The number of aromatic nitrogens is 1. The van der Waals surface area contributed by atoms with Gasteiger partial charge in [-0.2, -0.15) is 0 Å². The number of carbonyl (C=O) groups is 1. The van der Waals surface area contributed by atoms with Gasteiger partial charge in [-0.15, -0.1) is 11.8 Å². The van der Waals surface area contributed by atoms with E-state index >= 15 is 0 Å². The maximum absolute atomic E-state index is 12.6. The molecule has 0 saturated carbocycles. The molecular weight excluding hydrogens is 242 g/mol. The van der Waals surface area contributed by atoms with Crippen LogP contribution in [0.2, 0.25) is 0 Å². The Hall–Kier alpha value is -1.61. The molecule has 1 aromatic carbocycles. The summed E-state index contributed by atoms with van der Waals surface area (Å²) >= 11 is 1.76. The van der Waals surface area contributed by atoms with Crippen LogP contribution < -0.4 is 0 Å². The van der Waals surface area contributed by atoms with Crippen LogP contribution in [0.1, 0.15) is 27.4 Å². The van der Waals surface area contributed by atoms with Crippen molar-refractivity contribution in [2.24, 2.45) is 0 Å². The average Bonchev–Trinajstić information content (AvgIpc) is 2.82. The Morgan fingerprint density at radius 3 is 3.00 bits per heavy atom. The van der Waals surface area contributed by atoms with Gasteiger partial charge in [0.15, 0.2) is 5.78 Å². The lowest BCUT2D eigenvalue weighted by Crippen LogP contribution is -2.14. The molecule has 1 unspecified atom stereocenters. The number of hydrogen-bond acceptors (Lipinski definition) is 3. The molecule has 90 valence electrons. The minimum Gasteiger partial charge on any atom is -0.293 e. The molecule has 1 atom stereocenters. The Morgan fingerprint density at radius 2 is 2.17 bits per heavy atom. The molecule has 2 aromatic rings. The van der Waals surface area contributed by atoms with E-state index in [1.807, 2.05) is 25.1 Å². The second-order valence-electron chi connectivity index (χ2n) is 4.46. The van der Waals surface area contributed by atoms with Crippen molar-refractivity contribution < 1.29 is 4.79 Å². The molecule has 0 spiro atoms. The largest absolute Gasteiger partial charge is 0.293 e. The summed E-state index contributed by atoms with van der Waals surface area (Å²) in [7, 11) is 0. The Morgan fingerprint density at radius 1 is 1.33 bits per heavy atom. The van der Waals surface area contributed by atoms with E-state index in [0.717, 1.165) is 22.4 Å². The Kier molecular flexibility index (Phi) is 2.92. The van der Waals surface area contributed by atoms with E-state index in [9.17, 15) is 4.79 Å². The first-order valence-electron chi connectivity index (χ1n) is 5.94. The van der Waals surface area contributed by atoms with Gasteiger partial charge in [-0.25, -0.2) is 0 Å². The maximum atomic E-state index is 12.6. The second-order valence-corrected chi connectivity index (χ2v) is 5.52. The highest BCUT2D eigenvalue weighted by Crippen LogP contribution is 2.40. The molecule has 0 radical (unpaired) electrons. The molecule has 0 N–H and O–H groups in total. The zero-order valence-corrected chi connectivity index (χ0v) is 10.9. The highest BCUT2D eigenvalue weighted by atomic mass is 32.2. The van der Waals surface area contributed by atoms with Crippen LogP contribution in [0.4, 0.5) is 0 Å². The maximum Gasteiger partial charge on any atom is 0.173 e. The van der Waals surface area contributed by atoms with Crippen LogP contribution >= 0.6 is 11.8 Å². The summed E-state index contributed by atoms with van der Waals surface area (Å²) < 4.78 is 0. The molecule has 18 heavy (non-hydrogen) atoms. The molecule has 0 saturated heterocycles. The van der Waals surface area contributed by atoms with E-state index in [4.69, 9.17) is 0 Å². The smallest absolute Gasteiger partial charge is 0.173 e. The van der Waals surface area contributed by atoms with Gasteiger partial charge in [0.2, 0.25) is 0 Å². The van der Waals surface area contributed by atoms with E-state index in [-0.39, 0.29) is 11.7 Å². The lowest BCUT2D eigenvalue weighted by molar-refractivity contribution is 0.0967. The van der Waals surface area contributed by atoms with Gasteiger partial charge < -0.3 is 0 Å². The number of benzene rings is 1. The van der Waals surface area contributed by atoms with Gasteiger partial charge in [-0.1, -0.05) is 18.2 Å². The Bertz CT molecular complexity index is 609. The molecule has 0 amide bonds. The summed E-state index contributed by atoms with van der Waals surface area (Å²) in [4.78, 5) is 17.9. The minimum atomic E-state index is -0.0194. The number of hydrogen-bond donors (Lipinski definition) is 0. The quantitative estimate of drug-likeness (QED) is 0.770. The van der Waals surface area contributed by atoms with Crippen LogP contribution in [0.25, 0.3) is 0 Å². The van der Waals surface area contributed by atoms with Crippen LogP contribution in [-0.4, -0.2) is 16.5 Å². The molecular formula is C15H13NOS. The van der Waals surface area contributed by atoms with Gasteiger partial charge in [0.25, 0.3) is 0 Å². The molecule has 2 nitrogen and oxygen atoms in total. The van der Waals surface area contributed by atoms with Gasteiger partial charge in [0.05, 0.1) is 5.92 Å². The molecule has 0 aliphatic carbocycles. The summed E-state index contributed by atoms with van der Waals surface area (Å²) in [5.41, 5.74) is 2.92. The predicted molar refractivity (Wildman–Crippen MR) is 73.2 cm³/mol. The molecule has 2 heterocycles. The lowest BCUT2D eigenvalue weighted by atomic mass is 9.91. The fourth-order valence-corrected chi connectivity index (χ4v) is 3.52. The van der Waals surface area contributed by atoms with Crippen molar-refractivity contribution in [1.29, 1.82) is 0 Å². The highest BCUT2D eigenvalue weighted by molar-refractivity contribution is 7.99. The third kappa shape index (κ3) is 1.85. The summed E-state index contributed by atoms with van der Waals surface area (Å²) in [6, 6.07) is 10.1. The van der Waals surface area contributed by atoms with Crippen LogP contribution in [0.15, 0.2) is 47.6 Å². The van der Waals surface area contributed by atoms with Gasteiger partial charge in [0, 0.05) is 28.6 Å². The van der Waals surface area contributed by atoms with Crippen molar-refractivity contribution in [3.05, 3.63) is 59.4 Å². The van der Waals surface area contributed by atoms with E-state index < -0.39 is 0 Å². The molecule has 0 bridgehead atoms. The SMILES string of the molecule is Cc1ccncc1C(=O)C1CSc2ccccc21.